The van der Waals surface area contributed by atoms with Gasteiger partial charge in [0.2, 0.25) is 0 Å². The topological polar surface area (TPSA) is 89.8 Å². The van der Waals surface area contributed by atoms with Crippen LogP contribution in [0.2, 0.25) is 0 Å². The Morgan fingerprint density at radius 3 is 2.53 bits per heavy atom. The molecule has 0 aliphatic rings. The number of aromatic nitrogens is 4. The average molecular weight is 208 g/mol. The van der Waals surface area contributed by atoms with E-state index in [-0.39, 0.29) is 17.0 Å². The molecular formula is C8H8N4O3. The predicted molar refractivity (Wildman–Crippen MR) is 52.0 cm³/mol. The SMILES string of the molecule is Cn1c(=O)c2[nH]c(C=O)nc2n(C)c1=O. The van der Waals surface area contributed by atoms with Crippen molar-refractivity contribution in [1.29, 1.82) is 0 Å². The van der Waals surface area contributed by atoms with Crippen LogP contribution < -0.4 is 11.2 Å². The molecule has 7 nitrogen and oxygen atoms in total. The maximum absolute atomic E-state index is 11.6. The third kappa shape index (κ3) is 1.13. The molecule has 15 heavy (non-hydrogen) atoms. The first-order valence-corrected chi connectivity index (χ1v) is 4.17. The zero-order valence-electron chi connectivity index (χ0n) is 8.14. The van der Waals surface area contributed by atoms with Gasteiger partial charge in [-0.2, -0.15) is 0 Å². The van der Waals surface area contributed by atoms with Crippen molar-refractivity contribution in [3.8, 4) is 0 Å². The molecule has 7 heteroatoms. The normalized spacial score (nSPS) is 10.8. The van der Waals surface area contributed by atoms with E-state index in [9.17, 15) is 14.4 Å². The summed E-state index contributed by atoms with van der Waals surface area (Å²) in [6.07, 6.45) is 0.490. The number of imidazole rings is 1. The summed E-state index contributed by atoms with van der Waals surface area (Å²) in [6.45, 7) is 0. The number of aryl methyl sites for hydroxylation is 1. The Bertz CT molecular complexity index is 661. The van der Waals surface area contributed by atoms with Crippen molar-refractivity contribution < 1.29 is 4.79 Å². The molecule has 0 amide bonds. The van der Waals surface area contributed by atoms with Crippen LogP contribution in [0.15, 0.2) is 9.59 Å². The van der Waals surface area contributed by atoms with E-state index in [2.05, 4.69) is 9.97 Å². The quantitative estimate of drug-likeness (QED) is 0.594. The number of fused-ring (bicyclic) bond motifs is 1. The van der Waals surface area contributed by atoms with Gasteiger partial charge in [-0.3, -0.25) is 18.7 Å². The van der Waals surface area contributed by atoms with Crippen LogP contribution in [-0.4, -0.2) is 25.4 Å². The highest BCUT2D eigenvalue weighted by Gasteiger charge is 2.12. The number of nitrogens with one attached hydrogen (secondary N) is 1. The largest absolute Gasteiger partial charge is 0.332 e. The zero-order valence-corrected chi connectivity index (χ0v) is 8.14. The summed E-state index contributed by atoms with van der Waals surface area (Å²) >= 11 is 0. The molecule has 78 valence electrons. The van der Waals surface area contributed by atoms with E-state index in [0.29, 0.717) is 6.29 Å². The van der Waals surface area contributed by atoms with Crippen LogP contribution >= 0.6 is 0 Å². The molecule has 0 aliphatic carbocycles. The van der Waals surface area contributed by atoms with Crippen LogP contribution in [0.4, 0.5) is 0 Å². The second-order valence-corrected chi connectivity index (χ2v) is 3.14. The Labute approximate surface area is 83.0 Å². The number of aromatic amines is 1. The second-order valence-electron chi connectivity index (χ2n) is 3.14. The lowest BCUT2D eigenvalue weighted by atomic mass is 10.5. The van der Waals surface area contributed by atoms with E-state index < -0.39 is 11.2 Å². The van der Waals surface area contributed by atoms with E-state index in [1.807, 2.05) is 0 Å². The average Bonchev–Trinajstić information content (AvgIpc) is 2.67. The molecule has 0 aromatic carbocycles. The first-order valence-electron chi connectivity index (χ1n) is 4.17. The monoisotopic (exact) mass is 208 g/mol. The van der Waals surface area contributed by atoms with Gasteiger partial charge in [-0.25, -0.2) is 9.78 Å². The Kier molecular flexibility index (Phi) is 1.82. The van der Waals surface area contributed by atoms with Crippen molar-refractivity contribution in [3.63, 3.8) is 0 Å². The lowest BCUT2D eigenvalue weighted by Crippen LogP contribution is -2.36. The maximum atomic E-state index is 11.6. The van der Waals surface area contributed by atoms with Gasteiger partial charge in [0.25, 0.3) is 5.56 Å². The first-order chi connectivity index (χ1) is 7.06. The van der Waals surface area contributed by atoms with Crippen molar-refractivity contribution >= 4 is 17.5 Å². The van der Waals surface area contributed by atoms with Crippen LogP contribution in [0.3, 0.4) is 0 Å². The summed E-state index contributed by atoms with van der Waals surface area (Å²) in [4.78, 5) is 39.9. The smallest absolute Gasteiger partial charge is 0.330 e. The van der Waals surface area contributed by atoms with Crippen LogP contribution in [0.5, 0.6) is 0 Å². The van der Waals surface area contributed by atoms with Gasteiger partial charge in [0.05, 0.1) is 0 Å². The van der Waals surface area contributed by atoms with Crippen molar-refractivity contribution in [1.82, 2.24) is 19.1 Å². The number of hydrogen-bond donors (Lipinski definition) is 1. The van der Waals surface area contributed by atoms with Gasteiger partial charge in [-0.1, -0.05) is 0 Å². The molecule has 0 fully saturated rings. The summed E-state index contributed by atoms with van der Waals surface area (Å²) in [5.41, 5.74) is -0.628. The number of rotatable bonds is 1. The van der Waals surface area contributed by atoms with Crippen LogP contribution in [0, 0.1) is 0 Å². The van der Waals surface area contributed by atoms with Crippen molar-refractivity contribution in [2.24, 2.45) is 14.1 Å². The first kappa shape index (κ1) is 9.38. The van der Waals surface area contributed by atoms with Crippen LogP contribution in [-0.2, 0) is 14.1 Å². The summed E-state index contributed by atoms with van der Waals surface area (Å²) in [6, 6.07) is 0. The highest BCUT2D eigenvalue weighted by atomic mass is 16.2. The predicted octanol–water partition coefficient (Wildman–Crippen LogP) is -1.23. The Morgan fingerprint density at radius 1 is 1.27 bits per heavy atom. The summed E-state index contributed by atoms with van der Waals surface area (Å²) in [5.74, 6) is 0.0308. The number of aldehydes is 1. The third-order valence-corrected chi connectivity index (χ3v) is 2.22. The minimum atomic E-state index is -0.492. The zero-order chi connectivity index (χ0) is 11.2. The second kappa shape index (κ2) is 2.91. The summed E-state index contributed by atoms with van der Waals surface area (Å²) in [7, 11) is 2.85. The molecule has 2 heterocycles. The molecule has 0 bridgehead atoms. The van der Waals surface area contributed by atoms with Gasteiger partial charge in [0.1, 0.15) is 5.52 Å². The fourth-order valence-corrected chi connectivity index (χ4v) is 1.40. The number of H-pyrrole nitrogens is 1. The Hall–Kier alpha value is -2.18. The summed E-state index contributed by atoms with van der Waals surface area (Å²) < 4.78 is 2.16. The number of carbonyl (C=O) groups is 1. The lowest BCUT2D eigenvalue weighted by Gasteiger charge is -2.00. The van der Waals surface area contributed by atoms with Gasteiger partial charge in [-0.15, -0.1) is 0 Å². The van der Waals surface area contributed by atoms with E-state index in [0.717, 1.165) is 4.57 Å². The molecule has 0 aliphatic heterocycles. The molecule has 0 saturated heterocycles. The molecule has 2 rings (SSSR count). The minimum absolute atomic E-state index is 0.0308. The number of hydrogen-bond acceptors (Lipinski definition) is 4. The standard InChI is InChI=1S/C8H8N4O3/c1-11-6-5(9-4(3-13)10-6)7(14)12(2)8(11)15/h3H,1-2H3,(H,9,10). The Balaban J connectivity index is 3.11. The van der Waals surface area contributed by atoms with Crippen molar-refractivity contribution in [2.45, 2.75) is 0 Å². The molecule has 2 aromatic heterocycles. The highest BCUT2D eigenvalue weighted by Crippen LogP contribution is 2.01. The van der Waals surface area contributed by atoms with Crippen molar-refractivity contribution in [3.05, 3.63) is 26.7 Å². The molecule has 0 atom stereocenters. The molecule has 1 N–H and O–H groups in total. The minimum Gasteiger partial charge on any atom is -0.330 e. The van der Waals surface area contributed by atoms with E-state index in [1.54, 1.807) is 0 Å². The van der Waals surface area contributed by atoms with Gasteiger partial charge < -0.3 is 4.98 Å². The van der Waals surface area contributed by atoms with Gasteiger partial charge in [0, 0.05) is 14.1 Å². The van der Waals surface area contributed by atoms with E-state index in [1.165, 1.54) is 18.7 Å². The third-order valence-electron chi connectivity index (χ3n) is 2.22. The van der Waals surface area contributed by atoms with Gasteiger partial charge in [-0.05, 0) is 0 Å². The van der Waals surface area contributed by atoms with E-state index >= 15 is 0 Å². The number of carbonyl (C=O) groups excluding carboxylic acids is 1. The van der Waals surface area contributed by atoms with Crippen LogP contribution in [0.1, 0.15) is 10.6 Å². The molecule has 0 saturated carbocycles. The fraction of sp³-hybridized carbons (Fsp3) is 0.250. The summed E-state index contributed by atoms with van der Waals surface area (Å²) in [5, 5.41) is 0. The van der Waals surface area contributed by atoms with Crippen LogP contribution in [0.25, 0.3) is 11.2 Å². The molecule has 0 spiro atoms. The molecular weight excluding hydrogens is 200 g/mol. The molecule has 0 radical (unpaired) electrons. The fourth-order valence-electron chi connectivity index (χ4n) is 1.40. The van der Waals surface area contributed by atoms with Crippen molar-refractivity contribution in [2.75, 3.05) is 0 Å². The number of nitrogens with zero attached hydrogens (tertiary/aromatic N) is 3. The Morgan fingerprint density at radius 2 is 1.93 bits per heavy atom. The van der Waals surface area contributed by atoms with E-state index in [4.69, 9.17) is 0 Å². The molecule has 2 aromatic rings. The molecule has 0 unspecified atom stereocenters. The van der Waals surface area contributed by atoms with Gasteiger partial charge in [0.15, 0.2) is 17.8 Å². The highest BCUT2D eigenvalue weighted by molar-refractivity contribution is 5.78. The lowest BCUT2D eigenvalue weighted by molar-refractivity contribution is 0.111. The van der Waals surface area contributed by atoms with Gasteiger partial charge >= 0.3 is 5.69 Å². The maximum Gasteiger partial charge on any atom is 0.332 e.